The van der Waals surface area contributed by atoms with Gasteiger partial charge in [0.05, 0.1) is 5.92 Å². The van der Waals surface area contributed by atoms with Crippen LogP contribution in [-0.4, -0.2) is 19.4 Å². The van der Waals surface area contributed by atoms with Crippen molar-refractivity contribution >= 4 is 0 Å². The Labute approximate surface area is 57.2 Å². The van der Waals surface area contributed by atoms with Gasteiger partial charge in [0.1, 0.15) is 0 Å². The Morgan fingerprint density at radius 2 is 1.60 bits per heavy atom. The van der Waals surface area contributed by atoms with Crippen molar-refractivity contribution in [3.05, 3.63) is 5.92 Å². The van der Waals surface area contributed by atoms with E-state index in [1.807, 2.05) is 0 Å². The number of hydrogen-bond acceptors (Lipinski definition) is 1. The second-order valence-electron chi connectivity index (χ2n) is 2.21. The van der Waals surface area contributed by atoms with Crippen LogP contribution in [0.25, 0.3) is 0 Å². The molecule has 0 unspecified atom stereocenters. The molecule has 1 saturated heterocycles. The van der Waals surface area contributed by atoms with Gasteiger partial charge in [-0.1, -0.05) is 0 Å². The summed E-state index contributed by atoms with van der Waals surface area (Å²) in [7, 11) is 0. The summed E-state index contributed by atoms with van der Waals surface area (Å²) in [4.78, 5) is 0. The molecule has 0 aromatic heterocycles. The van der Waals surface area contributed by atoms with Gasteiger partial charge in [-0.25, -0.2) is 0 Å². The molecule has 0 aromatic rings. The summed E-state index contributed by atoms with van der Waals surface area (Å²) >= 11 is 0. The van der Waals surface area contributed by atoms with Crippen LogP contribution < -0.4 is 0 Å². The topological polar surface area (TPSA) is 9.23 Å². The lowest BCUT2D eigenvalue weighted by Crippen LogP contribution is -2.27. The molecule has 1 aliphatic heterocycles. The van der Waals surface area contributed by atoms with E-state index in [9.17, 15) is 13.2 Å². The van der Waals surface area contributed by atoms with Crippen molar-refractivity contribution in [3.63, 3.8) is 0 Å². The highest BCUT2D eigenvalue weighted by Crippen LogP contribution is 2.35. The number of alkyl halides is 3. The van der Waals surface area contributed by atoms with E-state index in [-0.39, 0.29) is 32.0 Å². The summed E-state index contributed by atoms with van der Waals surface area (Å²) in [5, 5.41) is 0. The first kappa shape index (κ1) is 7.85. The first-order chi connectivity index (χ1) is 4.61. The van der Waals surface area contributed by atoms with Gasteiger partial charge < -0.3 is 4.74 Å². The van der Waals surface area contributed by atoms with Crippen LogP contribution >= 0.6 is 0 Å². The maximum absolute atomic E-state index is 11.8. The Balaban J connectivity index is 2.39. The minimum absolute atomic E-state index is 0.0451. The fraction of sp³-hybridized carbons (Fsp3) is 0.833. The Morgan fingerprint density at radius 1 is 1.10 bits per heavy atom. The molecule has 1 aliphatic rings. The zero-order valence-corrected chi connectivity index (χ0v) is 5.37. The van der Waals surface area contributed by atoms with Crippen molar-refractivity contribution in [1.29, 1.82) is 0 Å². The first-order valence-electron chi connectivity index (χ1n) is 3.10. The van der Waals surface area contributed by atoms with Gasteiger partial charge in [-0.3, -0.25) is 0 Å². The smallest absolute Gasteiger partial charge is 0.381 e. The summed E-state index contributed by atoms with van der Waals surface area (Å²) < 4.78 is 40.3. The number of halogens is 3. The summed E-state index contributed by atoms with van der Waals surface area (Å²) in [5.74, 6) is -0.334. The molecule has 0 aromatic carbocycles. The molecule has 10 heavy (non-hydrogen) atoms. The first-order valence-corrected chi connectivity index (χ1v) is 3.10. The molecule has 1 rings (SSSR count). The maximum Gasteiger partial charge on any atom is 0.395 e. The van der Waals surface area contributed by atoms with Gasteiger partial charge in [-0.2, -0.15) is 13.2 Å². The molecule has 0 aliphatic carbocycles. The zero-order chi connectivity index (χ0) is 7.61. The Kier molecular flexibility index (Phi) is 2.18. The molecule has 0 bridgehead atoms. The second-order valence-corrected chi connectivity index (χ2v) is 2.21. The fourth-order valence-corrected chi connectivity index (χ4v) is 0.901. The van der Waals surface area contributed by atoms with Gasteiger partial charge in [0.2, 0.25) is 0 Å². The molecule has 0 amide bonds. The lowest BCUT2D eigenvalue weighted by molar-refractivity contribution is -0.129. The van der Waals surface area contributed by atoms with Crippen molar-refractivity contribution in [2.75, 3.05) is 13.2 Å². The minimum Gasteiger partial charge on any atom is -0.381 e. The highest BCUT2D eigenvalue weighted by molar-refractivity contribution is 4.98. The van der Waals surface area contributed by atoms with Crippen LogP contribution in [0, 0.1) is 5.92 Å². The van der Waals surface area contributed by atoms with Crippen molar-refractivity contribution in [1.82, 2.24) is 0 Å². The van der Waals surface area contributed by atoms with Gasteiger partial charge in [0.15, 0.2) is 0 Å². The average Bonchev–Trinajstić information content (AvgIpc) is 1.88. The van der Waals surface area contributed by atoms with Crippen LogP contribution in [0.3, 0.4) is 0 Å². The van der Waals surface area contributed by atoms with Crippen LogP contribution in [0.1, 0.15) is 12.8 Å². The SMILES string of the molecule is FC(F)(F)[C]1CCOCC1. The van der Waals surface area contributed by atoms with Gasteiger partial charge in [-0.15, -0.1) is 0 Å². The molecule has 0 spiro atoms. The summed E-state index contributed by atoms with van der Waals surface area (Å²) in [5.41, 5.74) is 0. The predicted molar refractivity (Wildman–Crippen MR) is 29.4 cm³/mol. The monoisotopic (exact) mass is 153 g/mol. The molecular formula is C6H8F3O. The van der Waals surface area contributed by atoms with Gasteiger partial charge in [0, 0.05) is 13.2 Å². The predicted octanol–water partition coefficient (Wildman–Crippen LogP) is 1.93. The number of hydrogen-bond donors (Lipinski definition) is 0. The van der Waals surface area contributed by atoms with Crippen LogP contribution in [0.4, 0.5) is 13.2 Å². The number of rotatable bonds is 0. The van der Waals surface area contributed by atoms with E-state index >= 15 is 0 Å². The van der Waals surface area contributed by atoms with Crippen LogP contribution in [0.2, 0.25) is 0 Å². The second kappa shape index (κ2) is 2.78. The van der Waals surface area contributed by atoms with E-state index in [1.165, 1.54) is 0 Å². The van der Waals surface area contributed by atoms with Crippen molar-refractivity contribution in [2.24, 2.45) is 0 Å². The number of ether oxygens (including phenoxy) is 1. The van der Waals surface area contributed by atoms with Crippen molar-refractivity contribution in [2.45, 2.75) is 19.0 Å². The van der Waals surface area contributed by atoms with E-state index < -0.39 is 6.18 Å². The summed E-state index contributed by atoms with van der Waals surface area (Å²) in [6, 6.07) is 0. The Hall–Kier alpha value is -0.250. The molecule has 0 N–H and O–H groups in total. The molecule has 1 fully saturated rings. The standard InChI is InChI=1S/C6H8F3O/c7-6(8,9)5-1-3-10-4-2-5/h1-4H2. The van der Waals surface area contributed by atoms with Gasteiger partial charge >= 0.3 is 6.18 Å². The van der Waals surface area contributed by atoms with Crippen molar-refractivity contribution < 1.29 is 17.9 Å². The van der Waals surface area contributed by atoms with Crippen LogP contribution in [0.5, 0.6) is 0 Å². The molecule has 0 atom stereocenters. The molecule has 1 radical (unpaired) electrons. The molecule has 1 heterocycles. The third kappa shape index (κ3) is 1.87. The molecule has 0 saturated carbocycles. The third-order valence-electron chi connectivity index (χ3n) is 1.50. The van der Waals surface area contributed by atoms with E-state index in [0.717, 1.165) is 0 Å². The van der Waals surface area contributed by atoms with E-state index in [2.05, 4.69) is 0 Å². The summed E-state index contributed by atoms with van der Waals surface area (Å²) in [6.45, 7) is 0.434. The Bertz CT molecular complexity index is 104. The summed E-state index contributed by atoms with van der Waals surface area (Å²) in [6.07, 6.45) is -4.00. The molecule has 1 nitrogen and oxygen atoms in total. The largest absolute Gasteiger partial charge is 0.395 e. The highest BCUT2D eigenvalue weighted by atomic mass is 19.4. The van der Waals surface area contributed by atoms with Gasteiger partial charge in [-0.05, 0) is 12.8 Å². The lowest BCUT2D eigenvalue weighted by atomic mass is 10.0. The van der Waals surface area contributed by atoms with E-state index in [1.54, 1.807) is 0 Å². The third-order valence-corrected chi connectivity index (χ3v) is 1.50. The van der Waals surface area contributed by atoms with Crippen LogP contribution in [-0.2, 0) is 4.74 Å². The minimum atomic E-state index is -4.09. The molecular weight excluding hydrogens is 145 g/mol. The molecule has 59 valence electrons. The quantitative estimate of drug-likeness (QED) is 0.516. The highest BCUT2D eigenvalue weighted by Gasteiger charge is 2.40. The van der Waals surface area contributed by atoms with E-state index in [0.29, 0.717) is 0 Å². The van der Waals surface area contributed by atoms with Gasteiger partial charge in [0.25, 0.3) is 0 Å². The maximum atomic E-state index is 11.8. The lowest BCUT2D eigenvalue weighted by Gasteiger charge is -2.23. The Morgan fingerprint density at radius 3 is 1.90 bits per heavy atom. The average molecular weight is 153 g/mol. The normalized spacial score (nSPS) is 23.1. The fourth-order valence-electron chi connectivity index (χ4n) is 0.901. The van der Waals surface area contributed by atoms with E-state index in [4.69, 9.17) is 4.74 Å². The van der Waals surface area contributed by atoms with Crippen molar-refractivity contribution in [3.8, 4) is 0 Å². The van der Waals surface area contributed by atoms with Crippen LogP contribution in [0.15, 0.2) is 0 Å². The molecule has 4 heteroatoms. The zero-order valence-electron chi connectivity index (χ0n) is 5.37.